The van der Waals surface area contributed by atoms with Crippen molar-refractivity contribution in [1.29, 1.82) is 0 Å². The van der Waals surface area contributed by atoms with Gasteiger partial charge >= 0.3 is 0 Å². The number of piperidine rings is 1. The number of nitrogens with zero attached hydrogens (tertiary/aromatic N) is 3. The number of aromatic nitrogens is 2. The van der Waals surface area contributed by atoms with E-state index in [0.717, 1.165) is 56.4 Å². The SMILES string of the molecule is COCCCC1CCN(c2cc(C3CC(N)C3)nc(N)n2)CC1.Cl.Cl. The second kappa shape index (κ2) is 10.4. The lowest BCUT2D eigenvalue weighted by molar-refractivity contribution is 0.183. The van der Waals surface area contributed by atoms with Crippen LogP contribution in [0.5, 0.6) is 0 Å². The van der Waals surface area contributed by atoms with E-state index in [0.29, 0.717) is 17.9 Å². The van der Waals surface area contributed by atoms with Crippen LogP contribution in [0, 0.1) is 5.92 Å². The third kappa shape index (κ3) is 5.84. The molecule has 0 bridgehead atoms. The first kappa shape index (κ1) is 22.2. The molecule has 1 aromatic heterocycles. The Balaban J connectivity index is 0.00000156. The van der Waals surface area contributed by atoms with Crippen LogP contribution >= 0.6 is 24.8 Å². The van der Waals surface area contributed by atoms with Gasteiger partial charge in [-0.15, -0.1) is 24.8 Å². The molecule has 4 N–H and O–H groups in total. The van der Waals surface area contributed by atoms with Crippen molar-refractivity contribution in [2.75, 3.05) is 37.4 Å². The van der Waals surface area contributed by atoms with E-state index in [2.05, 4.69) is 20.9 Å². The molecule has 3 rings (SSSR count). The lowest BCUT2D eigenvalue weighted by atomic mass is 9.78. The average Bonchev–Trinajstić information content (AvgIpc) is 2.52. The molecule has 25 heavy (non-hydrogen) atoms. The average molecular weight is 392 g/mol. The van der Waals surface area contributed by atoms with E-state index in [9.17, 15) is 0 Å². The van der Waals surface area contributed by atoms with E-state index in [1.807, 2.05) is 0 Å². The molecule has 0 unspecified atom stereocenters. The van der Waals surface area contributed by atoms with Gasteiger partial charge in [0.25, 0.3) is 0 Å². The molecule has 0 radical (unpaired) electrons. The first-order valence-electron chi connectivity index (χ1n) is 8.79. The van der Waals surface area contributed by atoms with Crippen molar-refractivity contribution in [3.63, 3.8) is 0 Å². The van der Waals surface area contributed by atoms with Crippen molar-refractivity contribution in [1.82, 2.24) is 9.97 Å². The molecule has 0 spiro atoms. The largest absolute Gasteiger partial charge is 0.385 e. The summed E-state index contributed by atoms with van der Waals surface area (Å²) in [5.74, 6) is 2.65. The fourth-order valence-electron chi connectivity index (χ4n) is 3.71. The van der Waals surface area contributed by atoms with Gasteiger partial charge in [-0.1, -0.05) is 0 Å². The van der Waals surface area contributed by atoms with Crippen molar-refractivity contribution in [3.05, 3.63) is 11.8 Å². The van der Waals surface area contributed by atoms with Gasteiger partial charge in [0.1, 0.15) is 5.82 Å². The number of ether oxygens (including phenoxy) is 1. The molecule has 0 atom stereocenters. The van der Waals surface area contributed by atoms with E-state index < -0.39 is 0 Å². The number of hydrogen-bond donors (Lipinski definition) is 2. The van der Waals surface area contributed by atoms with Crippen molar-refractivity contribution in [3.8, 4) is 0 Å². The van der Waals surface area contributed by atoms with Gasteiger partial charge in [-0.3, -0.25) is 0 Å². The van der Waals surface area contributed by atoms with Gasteiger partial charge in [0.05, 0.1) is 5.69 Å². The number of rotatable bonds is 6. The van der Waals surface area contributed by atoms with E-state index in [1.54, 1.807) is 7.11 Å². The quantitative estimate of drug-likeness (QED) is 0.724. The topological polar surface area (TPSA) is 90.3 Å². The molecule has 1 saturated heterocycles. The highest BCUT2D eigenvalue weighted by atomic mass is 35.5. The third-order valence-corrected chi connectivity index (χ3v) is 5.24. The maximum atomic E-state index is 5.93. The molecule has 0 aromatic carbocycles. The minimum atomic E-state index is 0. The van der Waals surface area contributed by atoms with Crippen LogP contribution in [0.25, 0.3) is 0 Å². The number of hydrogen-bond acceptors (Lipinski definition) is 6. The second-order valence-corrected chi connectivity index (χ2v) is 7.00. The number of methoxy groups -OCH3 is 1. The van der Waals surface area contributed by atoms with Crippen LogP contribution in [0.15, 0.2) is 6.07 Å². The fourth-order valence-corrected chi connectivity index (χ4v) is 3.71. The molecule has 2 aliphatic rings. The number of nitrogens with two attached hydrogens (primary N) is 2. The highest BCUT2D eigenvalue weighted by molar-refractivity contribution is 5.85. The fraction of sp³-hybridized carbons (Fsp3) is 0.765. The molecule has 8 heteroatoms. The zero-order chi connectivity index (χ0) is 16.2. The Kier molecular flexibility index (Phi) is 9.21. The first-order valence-corrected chi connectivity index (χ1v) is 8.79. The summed E-state index contributed by atoms with van der Waals surface area (Å²) in [7, 11) is 1.77. The predicted molar refractivity (Wildman–Crippen MR) is 107 cm³/mol. The summed E-state index contributed by atoms with van der Waals surface area (Å²) in [4.78, 5) is 11.2. The maximum Gasteiger partial charge on any atom is 0.222 e. The van der Waals surface area contributed by atoms with Gasteiger partial charge in [-0.25, -0.2) is 4.98 Å². The summed E-state index contributed by atoms with van der Waals surface area (Å²) >= 11 is 0. The van der Waals surface area contributed by atoms with E-state index in [1.165, 1.54) is 19.3 Å². The third-order valence-electron chi connectivity index (χ3n) is 5.24. The van der Waals surface area contributed by atoms with Gasteiger partial charge in [0.15, 0.2) is 0 Å². The summed E-state index contributed by atoms with van der Waals surface area (Å²) < 4.78 is 5.15. The van der Waals surface area contributed by atoms with Gasteiger partial charge in [0, 0.05) is 44.8 Å². The Labute approximate surface area is 162 Å². The lowest BCUT2D eigenvalue weighted by Crippen LogP contribution is -2.36. The van der Waals surface area contributed by atoms with E-state index in [4.69, 9.17) is 16.2 Å². The minimum absolute atomic E-state index is 0. The van der Waals surface area contributed by atoms with Crippen molar-refractivity contribution >= 4 is 36.6 Å². The molecule has 6 nitrogen and oxygen atoms in total. The molecular weight excluding hydrogens is 361 g/mol. The maximum absolute atomic E-state index is 5.93. The summed E-state index contributed by atoms with van der Waals surface area (Å²) in [6.45, 7) is 2.98. The van der Waals surface area contributed by atoms with Crippen molar-refractivity contribution < 1.29 is 4.74 Å². The predicted octanol–water partition coefficient (Wildman–Crippen LogP) is 2.75. The van der Waals surface area contributed by atoms with Gasteiger partial charge < -0.3 is 21.1 Å². The van der Waals surface area contributed by atoms with Crippen LogP contribution in [0.3, 0.4) is 0 Å². The monoisotopic (exact) mass is 391 g/mol. The molecule has 1 aromatic rings. The molecule has 144 valence electrons. The van der Waals surface area contributed by atoms with Gasteiger partial charge in [0.2, 0.25) is 5.95 Å². The smallest absolute Gasteiger partial charge is 0.222 e. The molecule has 0 amide bonds. The van der Waals surface area contributed by atoms with Crippen LogP contribution in [0.1, 0.15) is 50.1 Å². The zero-order valence-electron chi connectivity index (χ0n) is 14.9. The number of nitrogen functional groups attached to an aromatic ring is 1. The summed E-state index contributed by atoms with van der Waals surface area (Å²) in [5, 5.41) is 0. The van der Waals surface area contributed by atoms with Crippen LogP contribution in [0.4, 0.5) is 11.8 Å². The second-order valence-electron chi connectivity index (χ2n) is 7.00. The summed E-state index contributed by atoms with van der Waals surface area (Å²) in [6.07, 6.45) is 6.88. The number of anilines is 2. The molecule has 2 heterocycles. The Bertz CT molecular complexity index is 520. The standard InChI is InChI=1S/C17H29N5O.2ClH/c1-23-8-2-3-12-4-6-22(7-5-12)16-11-15(20-17(19)21-16)13-9-14(18)10-13;;/h11-14H,2-10,18H2,1H3,(H2,19,20,21);2*1H. The highest BCUT2D eigenvalue weighted by Crippen LogP contribution is 2.36. The van der Waals surface area contributed by atoms with Crippen molar-refractivity contribution in [2.24, 2.45) is 11.7 Å². The van der Waals surface area contributed by atoms with Crippen LogP contribution in [-0.2, 0) is 4.74 Å². The van der Waals surface area contributed by atoms with Gasteiger partial charge in [-0.05, 0) is 44.4 Å². The van der Waals surface area contributed by atoms with E-state index in [-0.39, 0.29) is 24.8 Å². The highest BCUT2D eigenvalue weighted by Gasteiger charge is 2.30. The van der Waals surface area contributed by atoms with Crippen LogP contribution in [-0.4, -0.2) is 42.8 Å². The molecule has 1 saturated carbocycles. The zero-order valence-corrected chi connectivity index (χ0v) is 16.5. The minimum Gasteiger partial charge on any atom is -0.385 e. The molecular formula is C17H31Cl2N5O. The number of halogens is 2. The normalized spacial score (nSPS) is 23.4. The van der Waals surface area contributed by atoms with Crippen molar-refractivity contribution in [2.45, 2.75) is 50.5 Å². The van der Waals surface area contributed by atoms with E-state index >= 15 is 0 Å². The Morgan fingerprint density at radius 3 is 2.48 bits per heavy atom. The Morgan fingerprint density at radius 2 is 1.88 bits per heavy atom. The lowest BCUT2D eigenvalue weighted by Gasteiger charge is -2.35. The van der Waals surface area contributed by atoms with Crippen LogP contribution < -0.4 is 16.4 Å². The first-order chi connectivity index (χ1) is 11.2. The van der Waals surface area contributed by atoms with Gasteiger partial charge in [-0.2, -0.15) is 4.98 Å². The van der Waals surface area contributed by atoms with Crippen LogP contribution in [0.2, 0.25) is 0 Å². The Hall–Kier alpha value is -0.820. The molecule has 1 aliphatic carbocycles. The molecule has 2 fully saturated rings. The summed E-state index contributed by atoms with van der Waals surface area (Å²) in [5.41, 5.74) is 12.9. The summed E-state index contributed by atoms with van der Waals surface area (Å²) in [6, 6.07) is 2.44. The Morgan fingerprint density at radius 1 is 1.20 bits per heavy atom. The molecule has 1 aliphatic heterocycles.